The first-order chi connectivity index (χ1) is 5.37. The highest BCUT2D eigenvalue weighted by atomic mass is 16.5. The molecule has 0 bridgehead atoms. The first-order valence-electron chi connectivity index (χ1n) is 4.00. The van der Waals surface area contributed by atoms with Gasteiger partial charge in [0.05, 0.1) is 11.5 Å². The molecule has 1 amide bonds. The number of carbonyl (C=O) groups is 1. The molecule has 3 N–H and O–H groups in total. The van der Waals surface area contributed by atoms with Crippen molar-refractivity contribution < 1.29 is 15.1 Å². The first kappa shape index (κ1) is 11.4. The molecule has 72 valence electrons. The van der Waals surface area contributed by atoms with E-state index in [0.29, 0.717) is 0 Å². The number of aliphatic hydroxyl groups is 1. The summed E-state index contributed by atoms with van der Waals surface area (Å²) in [5, 5.41) is 17.8. The van der Waals surface area contributed by atoms with Crippen LogP contribution in [0.3, 0.4) is 0 Å². The lowest BCUT2D eigenvalue weighted by atomic mass is 9.74. The van der Waals surface area contributed by atoms with E-state index in [9.17, 15) is 9.90 Å². The van der Waals surface area contributed by atoms with Crippen LogP contribution >= 0.6 is 0 Å². The van der Waals surface area contributed by atoms with Crippen LogP contribution in [-0.4, -0.2) is 22.3 Å². The van der Waals surface area contributed by atoms with Crippen LogP contribution in [-0.2, 0) is 4.79 Å². The monoisotopic (exact) mass is 175 g/mol. The predicted octanol–water partition coefficient (Wildman–Crippen LogP) is 0.535. The van der Waals surface area contributed by atoms with Crippen molar-refractivity contribution in [1.82, 2.24) is 5.48 Å². The van der Waals surface area contributed by atoms with E-state index in [1.165, 1.54) is 6.92 Å². The van der Waals surface area contributed by atoms with E-state index >= 15 is 0 Å². The minimum atomic E-state index is -0.936. The number of amides is 1. The Bertz CT molecular complexity index is 158. The van der Waals surface area contributed by atoms with Gasteiger partial charge in [-0.25, -0.2) is 5.48 Å². The number of rotatable bonds is 3. The lowest BCUT2D eigenvalue weighted by Crippen LogP contribution is -2.48. The maximum atomic E-state index is 11.2. The van der Waals surface area contributed by atoms with Crippen molar-refractivity contribution in [2.75, 3.05) is 0 Å². The maximum absolute atomic E-state index is 11.2. The van der Waals surface area contributed by atoms with E-state index in [2.05, 4.69) is 0 Å². The summed E-state index contributed by atoms with van der Waals surface area (Å²) in [4.78, 5) is 11.2. The van der Waals surface area contributed by atoms with Gasteiger partial charge in [0.25, 0.3) is 5.91 Å². The van der Waals surface area contributed by atoms with Gasteiger partial charge in [-0.05, 0) is 19.8 Å². The average molecular weight is 175 g/mol. The Morgan fingerprint density at radius 2 is 1.83 bits per heavy atom. The second-order valence-corrected chi connectivity index (χ2v) is 3.55. The molecule has 0 aromatic carbocycles. The van der Waals surface area contributed by atoms with Gasteiger partial charge >= 0.3 is 0 Å². The Morgan fingerprint density at radius 1 is 1.42 bits per heavy atom. The molecule has 0 spiro atoms. The van der Waals surface area contributed by atoms with Gasteiger partial charge in [-0.1, -0.05) is 13.8 Å². The summed E-state index contributed by atoms with van der Waals surface area (Å²) in [5.41, 5.74) is 0.634. The van der Waals surface area contributed by atoms with Gasteiger partial charge in [-0.2, -0.15) is 0 Å². The minimum Gasteiger partial charge on any atom is -0.392 e. The quantitative estimate of drug-likeness (QED) is 0.433. The van der Waals surface area contributed by atoms with Gasteiger partial charge in [0.2, 0.25) is 0 Å². The van der Waals surface area contributed by atoms with Gasteiger partial charge in [-0.3, -0.25) is 10.0 Å². The molecule has 0 radical (unpaired) electrons. The van der Waals surface area contributed by atoms with Crippen molar-refractivity contribution >= 4 is 5.91 Å². The van der Waals surface area contributed by atoms with Crippen LogP contribution in [0, 0.1) is 11.3 Å². The van der Waals surface area contributed by atoms with Crippen LogP contribution in [0.1, 0.15) is 27.7 Å². The summed E-state index contributed by atoms with van der Waals surface area (Å²) < 4.78 is 0. The smallest absolute Gasteiger partial charge is 0.252 e. The number of hydrogen-bond acceptors (Lipinski definition) is 3. The molecule has 0 aliphatic rings. The van der Waals surface area contributed by atoms with E-state index in [-0.39, 0.29) is 5.92 Å². The molecular weight excluding hydrogens is 158 g/mol. The van der Waals surface area contributed by atoms with Gasteiger partial charge in [0.15, 0.2) is 0 Å². The summed E-state index contributed by atoms with van der Waals surface area (Å²) in [6.45, 7) is 6.80. The molecule has 0 heterocycles. The topological polar surface area (TPSA) is 69.6 Å². The zero-order valence-corrected chi connectivity index (χ0v) is 7.96. The van der Waals surface area contributed by atoms with Gasteiger partial charge in [0.1, 0.15) is 0 Å². The third-order valence-electron chi connectivity index (χ3n) is 2.66. The van der Waals surface area contributed by atoms with Crippen LogP contribution in [0.2, 0.25) is 0 Å². The zero-order chi connectivity index (χ0) is 9.94. The largest absolute Gasteiger partial charge is 0.392 e. The van der Waals surface area contributed by atoms with Crippen LogP contribution < -0.4 is 5.48 Å². The second-order valence-electron chi connectivity index (χ2n) is 3.55. The fraction of sp³-hybridized carbons (Fsp3) is 0.875. The summed E-state index contributed by atoms with van der Waals surface area (Å²) in [6.07, 6.45) is -0.787. The molecule has 0 saturated carbocycles. The summed E-state index contributed by atoms with van der Waals surface area (Å²) in [5.74, 6) is -0.586. The van der Waals surface area contributed by atoms with Crippen LogP contribution in [0.5, 0.6) is 0 Å². The average Bonchev–Trinajstić information content (AvgIpc) is 2.00. The first-order valence-corrected chi connectivity index (χ1v) is 4.00. The molecule has 0 fully saturated rings. The van der Waals surface area contributed by atoms with E-state index in [1.807, 2.05) is 13.8 Å². The summed E-state index contributed by atoms with van der Waals surface area (Å²) in [7, 11) is 0. The molecule has 4 nitrogen and oxygen atoms in total. The third-order valence-corrected chi connectivity index (χ3v) is 2.66. The Labute approximate surface area is 72.5 Å². The molecule has 4 heteroatoms. The summed E-state index contributed by atoms with van der Waals surface area (Å²) in [6, 6.07) is 0. The minimum absolute atomic E-state index is 0.0374. The maximum Gasteiger partial charge on any atom is 0.252 e. The van der Waals surface area contributed by atoms with Gasteiger partial charge in [-0.15, -0.1) is 0 Å². The Morgan fingerprint density at radius 3 is 1.92 bits per heavy atom. The fourth-order valence-electron chi connectivity index (χ4n) is 1.05. The highest BCUT2D eigenvalue weighted by molar-refractivity contribution is 5.82. The number of hydrogen-bond donors (Lipinski definition) is 3. The fourth-order valence-corrected chi connectivity index (χ4v) is 1.05. The molecule has 2 atom stereocenters. The highest BCUT2D eigenvalue weighted by Crippen LogP contribution is 2.30. The number of nitrogens with one attached hydrogen (secondary N) is 1. The normalized spacial score (nSPS) is 18.6. The number of aliphatic hydroxyl groups excluding tert-OH is 1. The number of hydroxylamine groups is 1. The third kappa shape index (κ3) is 1.76. The van der Waals surface area contributed by atoms with Crippen molar-refractivity contribution in [3.05, 3.63) is 0 Å². The second kappa shape index (κ2) is 3.87. The lowest BCUT2D eigenvalue weighted by molar-refractivity contribution is -0.148. The Hall–Kier alpha value is -0.610. The zero-order valence-electron chi connectivity index (χ0n) is 7.96. The molecule has 0 aliphatic heterocycles. The van der Waals surface area contributed by atoms with Gasteiger partial charge in [0, 0.05) is 0 Å². The van der Waals surface area contributed by atoms with Crippen molar-refractivity contribution in [3.8, 4) is 0 Å². The van der Waals surface area contributed by atoms with Crippen molar-refractivity contribution in [1.29, 1.82) is 0 Å². The van der Waals surface area contributed by atoms with Gasteiger partial charge < -0.3 is 5.11 Å². The lowest BCUT2D eigenvalue weighted by Gasteiger charge is -2.33. The van der Waals surface area contributed by atoms with E-state index < -0.39 is 17.4 Å². The molecule has 0 aromatic heterocycles. The standard InChI is InChI=1S/C8H17NO3/c1-5(2)8(4,6(3)10)7(11)9-12/h5-6,10,12H,1-4H3,(H,9,11). The van der Waals surface area contributed by atoms with Crippen LogP contribution in [0.25, 0.3) is 0 Å². The summed E-state index contributed by atoms with van der Waals surface area (Å²) >= 11 is 0. The van der Waals surface area contributed by atoms with Crippen LogP contribution in [0.4, 0.5) is 0 Å². The Balaban J connectivity index is 4.74. The number of carbonyl (C=O) groups excluding carboxylic acids is 1. The molecule has 0 aromatic rings. The molecule has 2 unspecified atom stereocenters. The van der Waals surface area contributed by atoms with Crippen molar-refractivity contribution in [2.45, 2.75) is 33.8 Å². The van der Waals surface area contributed by atoms with Crippen molar-refractivity contribution in [2.24, 2.45) is 11.3 Å². The molecule has 12 heavy (non-hydrogen) atoms. The van der Waals surface area contributed by atoms with E-state index in [4.69, 9.17) is 5.21 Å². The predicted molar refractivity (Wildman–Crippen MR) is 44.6 cm³/mol. The molecule has 0 rings (SSSR count). The Kier molecular flexibility index (Phi) is 3.67. The molecule has 0 saturated heterocycles. The van der Waals surface area contributed by atoms with E-state index in [1.54, 1.807) is 12.4 Å². The van der Waals surface area contributed by atoms with Crippen LogP contribution in [0.15, 0.2) is 0 Å². The van der Waals surface area contributed by atoms with E-state index in [0.717, 1.165) is 0 Å². The molecule has 0 aliphatic carbocycles. The highest BCUT2D eigenvalue weighted by Gasteiger charge is 2.41. The van der Waals surface area contributed by atoms with Crippen molar-refractivity contribution in [3.63, 3.8) is 0 Å². The SMILES string of the molecule is CC(C)C(C)(C(=O)NO)C(C)O. The molecular formula is C8H17NO3.